The number of hydrogen-bond acceptors (Lipinski definition) is 4. The third kappa shape index (κ3) is 3.48. The molecule has 1 aromatic carbocycles. The third-order valence-corrected chi connectivity index (χ3v) is 4.46. The molecular formula is C16H24ClN5. The molecule has 0 radical (unpaired) electrons. The fraction of sp³-hybridized carbons (Fsp3) is 0.500. The van der Waals surface area contributed by atoms with Crippen LogP contribution in [0.5, 0.6) is 0 Å². The molecule has 1 aliphatic heterocycles. The second-order valence-corrected chi connectivity index (χ2v) is 6.44. The highest BCUT2D eigenvalue weighted by molar-refractivity contribution is 5.85. The Kier molecular flexibility index (Phi) is 5.21. The zero-order valence-corrected chi connectivity index (χ0v) is 14.0. The van der Waals surface area contributed by atoms with Crippen LogP contribution >= 0.6 is 12.4 Å². The SMILES string of the molecule is Cc1cc(CN2CCC(C)(CN)C2)ccc1-n1cncn1.Cl. The fourth-order valence-electron chi connectivity index (χ4n) is 3.09. The molecule has 1 aliphatic rings. The topological polar surface area (TPSA) is 60.0 Å². The first-order valence-electron chi connectivity index (χ1n) is 7.47. The van der Waals surface area contributed by atoms with Crippen LogP contribution in [0.15, 0.2) is 30.9 Å². The fourth-order valence-corrected chi connectivity index (χ4v) is 3.09. The highest BCUT2D eigenvalue weighted by atomic mass is 35.5. The van der Waals surface area contributed by atoms with E-state index in [0.717, 1.165) is 31.9 Å². The van der Waals surface area contributed by atoms with Crippen LogP contribution in [0.1, 0.15) is 24.5 Å². The molecule has 5 nitrogen and oxygen atoms in total. The molecule has 0 bridgehead atoms. The van der Waals surface area contributed by atoms with E-state index in [1.54, 1.807) is 17.3 Å². The van der Waals surface area contributed by atoms with E-state index < -0.39 is 0 Å². The number of nitrogens with two attached hydrogens (primary N) is 1. The Morgan fingerprint density at radius 1 is 1.36 bits per heavy atom. The van der Waals surface area contributed by atoms with E-state index >= 15 is 0 Å². The van der Waals surface area contributed by atoms with Gasteiger partial charge in [-0.25, -0.2) is 9.67 Å². The van der Waals surface area contributed by atoms with Crippen LogP contribution in [-0.2, 0) is 6.54 Å². The van der Waals surface area contributed by atoms with Crippen LogP contribution in [-0.4, -0.2) is 39.3 Å². The molecule has 1 aromatic heterocycles. The van der Waals surface area contributed by atoms with Crippen molar-refractivity contribution in [2.24, 2.45) is 11.1 Å². The van der Waals surface area contributed by atoms with Crippen molar-refractivity contribution in [3.63, 3.8) is 0 Å². The van der Waals surface area contributed by atoms with Gasteiger partial charge in [0.25, 0.3) is 0 Å². The lowest BCUT2D eigenvalue weighted by Gasteiger charge is -2.22. The number of halogens is 1. The Morgan fingerprint density at radius 2 is 2.18 bits per heavy atom. The normalized spacial score (nSPS) is 21.8. The summed E-state index contributed by atoms with van der Waals surface area (Å²) in [6.45, 7) is 8.40. The van der Waals surface area contributed by atoms with Gasteiger partial charge in [-0.3, -0.25) is 4.90 Å². The van der Waals surface area contributed by atoms with E-state index in [2.05, 4.69) is 47.0 Å². The van der Waals surface area contributed by atoms with Gasteiger partial charge >= 0.3 is 0 Å². The number of hydrogen-bond donors (Lipinski definition) is 1. The Morgan fingerprint density at radius 3 is 2.77 bits per heavy atom. The number of likely N-dealkylation sites (tertiary alicyclic amines) is 1. The van der Waals surface area contributed by atoms with Gasteiger partial charge in [0.2, 0.25) is 0 Å². The molecular weight excluding hydrogens is 298 g/mol. The maximum absolute atomic E-state index is 5.88. The Labute approximate surface area is 137 Å². The summed E-state index contributed by atoms with van der Waals surface area (Å²) in [7, 11) is 0. The van der Waals surface area contributed by atoms with Gasteiger partial charge in [0.05, 0.1) is 5.69 Å². The molecule has 2 N–H and O–H groups in total. The lowest BCUT2D eigenvalue weighted by molar-refractivity contribution is 0.274. The molecule has 1 saturated heterocycles. The number of aryl methyl sites for hydroxylation is 1. The van der Waals surface area contributed by atoms with Gasteiger partial charge in [0, 0.05) is 13.1 Å². The summed E-state index contributed by atoms with van der Waals surface area (Å²) in [5.41, 5.74) is 9.82. The molecule has 120 valence electrons. The summed E-state index contributed by atoms with van der Waals surface area (Å²) in [4.78, 5) is 6.50. The zero-order valence-electron chi connectivity index (χ0n) is 13.2. The monoisotopic (exact) mass is 321 g/mol. The minimum absolute atomic E-state index is 0. The summed E-state index contributed by atoms with van der Waals surface area (Å²) >= 11 is 0. The number of aromatic nitrogens is 3. The second-order valence-electron chi connectivity index (χ2n) is 6.44. The minimum Gasteiger partial charge on any atom is -0.330 e. The highest BCUT2D eigenvalue weighted by Crippen LogP contribution is 2.29. The van der Waals surface area contributed by atoms with Crippen LogP contribution in [0, 0.1) is 12.3 Å². The zero-order chi connectivity index (χ0) is 14.9. The van der Waals surface area contributed by atoms with E-state index in [-0.39, 0.29) is 17.8 Å². The molecule has 6 heteroatoms. The van der Waals surface area contributed by atoms with Crippen molar-refractivity contribution in [3.05, 3.63) is 42.0 Å². The smallest absolute Gasteiger partial charge is 0.138 e. The average Bonchev–Trinajstić information content (AvgIpc) is 3.10. The Hall–Kier alpha value is -1.43. The van der Waals surface area contributed by atoms with Gasteiger partial charge in [0.1, 0.15) is 12.7 Å². The molecule has 0 aliphatic carbocycles. The van der Waals surface area contributed by atoms with Gasteiger partial charge in [0.15, 0.2) is 0 Å². The van der Waals surface area contributed by atoms with E-state index in [1.807, 2.05) is 0 Å². The summed E-state index contributed by atoms with van der Waals surface area (Å²) in [5.74, 6) is 0. The van der Waals surface area contributed by atoms with Crippen LogP contribution in [0.2, 0.25) is 0 Å². The largest absolute Gasteiger partial charge is 0.330 e. The van der Waals surface area contributed by atoms with E-state index in [4.69, 9.17) is 5.73 Å². The maximum Gasteiger partial charge on any atom is 0.138 e. The standard InChI is InChI=1S/C16H23N5.ClH/c1-13-7-14(3-4-15(13)21-12-18-11-19-21)8-20-6-5-16(2,9-17)10-20;/h3-4,7,11-12H,5-6,8-10,17H2,1-2H3;1H. The summed E-state index contributed by atoms with van der Waals surface area (Å²) in [6.07, 6.45) is 4.49. The van der Waals surface area contributed by atoms with Crippen LogP contribution in [0.4, 0.5) is 0 Å². The van der Waals surface area contributed by atoms with Gasteiger partial charge < -0.3 is 5.73 Å². The molecule has 0 amide bonds. The molecule has 0 spiro atoms. The summed E-state index contributed by atoms with van der Waals surface area (Å²) in [5, 5.41) is 4.19. The summed E-state index contributed by atoms with van der Waals surface area (Å²) < 4.78 is 1.81. The van der Waals surface area contributed by atoms with Gasteiger partial charge in [-0.15, -0.1) is 12.4 Å². The van der Waals surface area contributed by atoms with E-state index in [1.165, 1.54) is 17.5 Å². The highest BCUT2D eigenvalue weighted by Gasteiger charge is 2.32. The molecule has 0 saturated carbocycles. The van der Waals surface area contributed by atoms with Crippen molar-refractivity contribution in [2.45, 2.75) is 26.8 Å². The maximum atomic E-state index is 5.88. The molecule has 1 atom stereocenters. The van der Waals surface area contributed by atoms with Crippen molar-refractivity contribution in [1.29, 1.82) is 0 Å². The van der Waals surface area contributed by atoms with Crippen molar-refractivity contribution in [2.75, 3.05) is 19.6 Å². The number of benzene rings is 1. The second kappa shape index (κ2) is 6.77. The van der Waals surface area contributed by atoms with E-state index in [9.17, 15) is 0 Å². The van der Waals surface area contributed by atoms with Crippen molar-refractivity contribution >= 4 is 12.4 Å². The third-order valence-electron chi connectivity index (χ3n) is 4.46. The van der Waals surface area contributed by atoms with Crippen molar-refractivity contribution < 1.29 is 0 Å². The van der Waals surface area contributed by atoms with E-state index in [0.29, 0.717) is 0 Å². The molecule has 2 aromatic rings. The molecule has 22 heavy (non-hydrogen) atoms. The van der Waals surface area contributed by atoms with Crippen molar-refractivity contribution in [1.82, 2.24) is 19.7 Å². The predicted molar refractivity (Wildman–Crippen MR) is 90.4 cm³/mol. The number of nitrogens with zero attached hydrogens (tertiary/aromatic N) is 4. The lowest BCUT2D eigenvalue weighted by Crippen LogP contribution is -2.31. The lowest BCUT2D eigenvalue weighted by atomic mass is 9.90. The molecule has 1 fully saturated rings. The van der Waals surface area contributed by atoms with Gasteiger partial charge in [-0.05, 0) is 49.0 Å². The average molecular weight is 322 g/mol. The minimum atomic E-state index is 0. The summed E-state index contributed by atoms with van der Waals surface area (Å²) in [6, 6.07) is 6.55. The predicted octanol–water partition coefficient (Wildman–Crippen LogP) is 2.17. The van der Waals surface area contributed by atoms with Gasteiger partial charge in [-0.2, -0.15) is 5.10 Å². The van der Waals surface area contributed by atoms with Crippen LogP contribution < -0.4 is 5.73 Å². The quantitative estimate of drug-likeness (QED) is 0.937. The first kappa shape index (κ1) is 16.9. The molecule has 1 unspecified atom stereocenters. The Bertz CT molecular complexity index is 613. The van der Waals surface area contributed by atoms with Crippen LogP contribution in [0.3, 0.4) is 0 Å². The first-order chi connectivity index (χ1) is 10.1. The van der Waals surface area contributed by atoms with Crippen molar-refractivity contribution in [3.8, 4) is 5.69 Å². The first-order valence-corrected chi connectivity index (χ1v) is 7.47. The molecule has 2 heterocycles. The number of rotatable bonds is 4. The van der Waals surface area contributed by atoms with Gasteiger partial charge in [-0.1, -0.05) is 19.1 Å². The Balaban J connectivity index is 0.00000176. The van der Waals surface area contributed by atoms with Crippen LogP contribution in [0.25, 0.3) is 5.69 Å². The molecule has 3 rings (SSSR count).